The lowest BCUT2D eigenvalue weighted by Crippen LogP contribution is -2.30. The van der Waals surface area contributed by atoms with Crippen LogP contribution >= 0.6 is 24.0 Å². The first-order chi connectivity index (χ1) is 11.1. The second kappa shape index (κ2) is 7.96. The van der Waals surface area contributed by atoms with Crippen molar-refractivity contribution in [2.75, 3.05) is 18.4 Å². The Balaban J connectivity index is 0.00000208. The minimum absolute atomic E-state index is 0. The predicted octanol–water partition coefficient (Wildman–Crippen LogP) is 3.15. The van der Waals surface area contributed by atoms with E-state index in [1.165, 1.54) is 0 Å². The van der Waals surface area contributed by atoms with Gasteiger partial charge in [0, 0.05) is 10.7 Å². The molecule has 6 nitrogen and oxygen atoms in total. The number of halogens is 2. The van der Waals surface area contributed by atoms with Crippen LogP contribution in [0.3, 0.4) is 0 Å². The third kappa shape index (κ3) is 3.71. The van der Waals surface area contributed by atoms with Gasteiger partial charge in [0.15, 0.2) is 5.69 Å². The van der Waals surface area contributed by atoms with E-state index in [2.05, 4.69) is 20.9 Å². The number of benzene rings is 1. The number of piperidine rings is 1. The van der Waals surface area contributed by atoms with E-state index in [9.17, 15) is 4.79 Å². The topological polar surface area (TPSA) is 71.8 Å². The molecule has 8 heteroatoms. The van der Waals surface area contributed by atoms with Crippen molar-refractivity contribution >= 4 is 35.6 Å². The van der Waals surface area contributed by atoms with Crippen LogP contribution in [0, 0.1) is 13.8 Å². The van der Waals surface area contributed by atoms with Gasteiger partial charge in [-0.3, -0.25) is 4.79 Å². The molecule has 3 rings (SSSR count). The first-order valence-electron chi connectivity index (χ1n) is 7.77. The van der Waals surface area contributed by atoms with Gasteiger partial charge >= 0.3 is 0 Å². The Morgan fingerprint density at radius 3 is 2.75 bits per heavy atom. The molecule has 1 saturated heterocycles. The van der Waals surface area contributed by atoms with E-state index in [-0.39, 0.29) is 18.3 Å². The second-order valence-electron chi connectivity index (χ2n) is 5.82. The quantitative estimate of drug-likeness (QED) is 0.871. The molecule has 2 heterocycles. The van der Waals surface area contributed by atoms with E-state index in [0.717, 1.165) is 37.2 Å². The van der Waals surface area contributed by atoms with Crippen molar-refractivity contribution in [2.24, 2.45) is 0 Å². The molecule has 0 unspecified atom stereocenters. The second-order valence-corrected chi connectivity index (χ2v) is 6.22. The Bertz CT molecular complexity index is 725. The lowest BCUT2D eigenvalue weighted by molar-refractivity contribution is 0.102. The summed E-state index contributed by atoms with van der Waals surface area (Å²) in [6.07, 6.45) is 2.00. The maximum atomic E-state index is 12.5. The zero-order chi connectivity index (χ0) is 16.4. The summed E-state index contributed by atoms with van der Waals surface area (Å²) in [6, 6.07) is 5.73. The van der Waals surface area contributed by atoms with Crippen LogP contribution in [0.4, 0.5) is 5.69 Å². The highest BCUT2D eigenvalue weighted by atomic mass is 35.5. The van der Waals surface area contributed by atoms with E-state index in [1.807, 2.05) is 30.7 Å². The molecule has 0 saturated carbocycles. The number of nitrogens with one attached hydrogen (secondary N) is 2. The smallest absolute Gasteiger partial charge is 0.278 e. The highest BCUT2D eigenvalue weighted by Crippen LogP contribution is 2.24. The van der Waals surface area contributed by atoms with E-state index in [4.69, 9.17) is 11.6 Å². The van der Waals surface area contributed by atoms with Gasteiger partial charge in [-0.05, 0) is 57.5 Å². The molecule has 0 bridgehead atoms. The number of carbonyl (C=O) groups excluding carboxylic acids is 1. The molecule has 1 aliphatic heterocycles. The number of hydrogen-bond donors (Lipinski definition) is 2. The van der Waals surface area contributed by atoms with Crippen molar-refractivity contribution in [3.63, 3.8) is 0 Å². The van der Waals surface area contributed by atoms with Gasteiger partial charge in [-0.2, -0.15) is 0 Å². The molecule has 24 heavy (non-hydrogen) atoms. The monoisotopic (exact) mass is 369 g/mol. The fraction of sp³-hybridized carbons (Fsp3) is 0.438. The molecule has 2 N–H and O–H groups in total. The van der Waals surface area contributed by atoms with Gasteiger partial charge in [-0.1, -0.05) is 22.9 Å². The Labute approximate surface area is 152 Å². The summed E-state index contributed by atoms with van der Waals surface area (Å²) >= 11 is 6.09. The number of hydrogen-bond acceptors (Lipinski definition) is 4. The Kier molecular flexibility index (Phi) is 6.21. The minimum atomic E-state index is -0.256. The van der Waals surface area contributed by atoms with Crippen molar-refractivity contribution < 1.29 is 4.79 Å². The van der Waals surface area contributed by atoms with Crippen LogP contribution in [0.25, 0.3) is 0 Å². The summed E-state index contributed by atoms with van der Waals surface area (Å²) in [4.78, 5) is 12.5. The predicted molar refractivity (Wildman–Crippen MR) is 97.3 cm³/mol. The van der Waals surface area contributed by atoms with Crippen molar-refractivity contribution in [3.05, 3.63) is 40.2 Å². The van der Waals surface area contributed by atoms with E-state index in [1.54, 1.807) is 6.07 Å². The highest BCUT2D eigenvalue weighted by molar-refractivity contribution is 6.31. The standard InChI is InChI=1S/C16H20ClN5O.ClH/c1-10-13(17)4-3-5-14(10)19-16(23)15-11(2)22(21-20-15)12-6-8-18-9-7-12;/h3-5,12,18H,6-9H2,1-2H3,(H,19,23);1H. The summed E-state index contributed by atoms with van der Waals surface area (Å²) < 4.78 is 1.88. The first kappa shape index (κ1) is 18.7. The van der Waals surface area contributed by atoms with Gasteiger partial charge in [0.2, 0.25) is 0 Å². The number of carbonyl (C=O) groups is 1. The zero-order valence-corrected chi connectivity index (χ0v) is 15.2. The van der Waals surface area contributed by atoms with E-state index < -0.39 is 0 Å². The first-order valence-corrected chi connectivity index (χ1v) is 8.14. The van der Waals surface area contributed by atoms with Gasteiger partial charge in [0.05, 0.1) is 11.7 Å². The summed E-state index contributed by atoms with van der Waals surface area (Å²) in [6.45, 7) is 5.69. The zero-order valence-electron chi connectivity index (χ0n) is 13.7. The fourth-order valence-electron chi connectivity index (χ4n) is 2.87. The Morgan fingerprint density at radius 2 is 2.04 bits per heavy atom. The molecule has 0 radical (unpaired) electrons. The van der Waals surface area contributed by atoms with Gasteiger partial charge in [-0.25, -0.2) is 4.68 Å². The fourth-order valence-corrected chi connectivity index (χ4v) is 3.05. The molecule has 0 aliphatic carbocycles. The van der Waals surface area contributed by atoms with Crippen LogP contribution in [0.1, 0.15) is 40.6 Å². The third-order valence-electron chi connectivity index (χ3n) is 4.31. The number of rotatable bonds is 3. The van der Waals surface area contributed by atoms with Crippen LogP contribution in [0.2, 0.25) is 5.02 Å². The summed E-state index contributed by atoms with van der Waals surface area (Å²) in [5, 5.41) is 15.1. The van der Waals surface area contributed by atoms with E-state index in [0.29, 0.717) is 22.4 Å². The maximum absolute atomic E-state index is 12.5. The molecule has 1 amide bonds. The molecule has 1 fully saturated rings. The van der Waals surface area contributed by atoms with Crippen molar-refractivity contribution in [1.29, 1.82) is 0 Å². The molecular formula is C16H21Cl2N5O. The number of aromatic nitrogens is 3. The highest BCUT2D eigenvalue weighted by Gasteiger charge is 2.23. The summed E-state index contributed by atoms with van der Waals surface area (Å²) in [7, 11) is 0. The van der Waals surface area contributed by atoms with Gasteiger partial charge < -0.3 is 10.6 Å². The van der Waals surface area contributed by atoms with Crippen molar-refractivity contribution in [2.45, 2.75) is 32.7 Å². The molecule has 2 aromatic rings. The third-order valence-corrected chi connectivity index (χ3v) is 4.72. The van der Waals surface area contributed by atoms with Gasteiger partial charge in [0.1, 0.15) is 0 Å². The molecule has 1 aromatic heterocycles. The average molecular weight is 370 g/mol. The largest absolute Gasteiger partial charge is 0.320 e. The minimum Gasteiger partial charge on any atom is -0.320 e. The summed E-state index contributed by atoms with van der Waals surface area (Å²) in [5.74, 6) is -0.256. The van der Waals surface area contributed by atoms with Crippen LogP contribution in [-0.2, 0) is 0 Å². The molecule has 1 aliphatic rings. The van der Waals surface area contributed by atoms with Crippen LogP contribution in [0.15, 0.2) is 18.2 Å². The molecular weight excluding hydrogens is 349 g/mol. The average Bonchev–Trinajstić information content (AvgIpc) is 2.94. The molecule has 0 atom stereocenters. The van der Waals surface area contributed by atoms with Crippen molar-refractivity contribution in [3.8, 4) is 0 Å². The lowest BCUT2D eigenvalue weighted by atomic mass is 10.1. The molecule has 130 valence electrons. The van der Waals surface area contributed by atoms with Crippen LogP contribution < -0.4 is 10.6 Å². The number of anilines is 1. The normalized spacial score (nSPS) is 15.0. The Hall–Kier alpha value is -1.63. The van der Waals surface area contributed by atoms with Crippen LogP contribution in [0.5, 0.6) is 0 Å². The molecule has 1 aromatic carbocycles. The maximum Gasteiger partial charge on any atom is 0.278 e. The van der Waals surface area contributed by atoms with Gasteiger partial charge in [-0.15, -0.1) is 17.5 Å². The van der Waals surface area contributed by atoms with E-state index >= 15 is 0 Å². The number of amides is 1. The van der Waals surface area contributed by atoms with Crippen molar-refractivity contribution in [1.82, 2.24) is 20.3 Å². The van der Waals surface area contributed by atoms with Crippen LogP contribution in [-0.4, -0.2) is 34.0 Å². The molecule has 0 spiro atoms. The lowest BCUT2D eigenvalue weighted by Gasteiger charge is -2.23. The number of nitrogens with zero attached hydrogens (tertiary/aromatic N) is 3. The summed E-state index contributed by atoms with van der Waals surface area (Å²) in [5.41, 5.74) is 2.70. The van der Waals surface area contributed by atoms with Gasteiger partial charge in [0.25, 0.3) is 5.91 Å². The SMILES string of the molecule is Cc1c(Cl)cccc1NC(=O)c1nnn(C2CCNCC2)c1C.Cl. The Morgan fingerprint density at radius 1 is 1.33 bits per heavy atom.